The number of aliphatic hydroxyl groups is 3. The van der Waals surface area contributed by atoms with E-state index in [4.69, 9.17) is 9.47 Å². The number of rotatable bonds is 6. The minimum atomic E-state index is -1.20. The van der Waals surface area contributed by atoms with E-state index in [9.17, 15) is 15.3 Å². The van der Waals surface area contributed by atoms with Gasteiger partial charge in [-0.15, -0.1) is 16.9 Å². The van der Waals surface area contributed by atoms with E-state index in [0.717, 1.165) is 17.0 Å². The molecule has 3 rings (SSSR count). The van der Waals surface area contributed by atoms with Crippen LogP contribution in [-0.2, 0) is 24.1 Å². The van der Waals surface area contributed by atoms with E-state index in [-0.39, 0.29) is 0 Å². The molecule has 9 heteroatoms. The number of ether oxygens (including phenoxy) is 2. The fourth-order valence-electron chi connectivity index (χ4n) is 2.63. The van der Waals surface area contributed by atoms with Crippen molar-refractivity contribution in [1.82, 2.24) is 15.0 Å². The van der Waals surface area contributed by atoms with E-state index in [1.54, 1.807) is 24.9 Å². The smallest absolute Gasteiger partial charge is 0.134 e. The standard InChI is InChI=1S/C17H23N3O5S/c1-10-14(21)15(22)16(23)17(25-10)26-9-11-3-5-13(6-4-11)24-8-12-7-20(2)19-18-12/h3-7,10,14-17,21-23H,8-9H2,1-2H3/t10-,14+,15+,16-,17-/m0/s1. The number of aromatic nitrogens is 3. The first-order valence-corrected chi connectivity index (χ1v) is 9.37. The van der Waals surface area contributed by atoms with E-state index in [2.05, 4.69) is 10.3 Å². The fourth-order valence-corrected chi connectivity index (χ4v) is 3.79. The second kappa shape index (κ2) is 8.36. The Labute approximate surface area is 155 Å². The minimum Gasteiger partial charge on any atom is -0.487 e. The quantitative estimate of drug-likeness (QED) is 0.662. The summed E-state index contributed by atoms with van der Waals surface area (Å²) in [4.78, 5) is 0. The molecule has 0 aliphatic carbocycles. The number of hydrogen-bond acceptors (Lipinski definition) is 8. The van der Waals surface area contributed by atoms with E-state index in [1.165, 1.54) is 11.8 Å². The van der Waals surface area contributed by atoms with Crippen molar-refractivity contribution in [2.75, 3.05) is 0 Å². The molecule has 1 aliphatic heterocycles. The molecule has 1 saturated heterocycles. The highest BCUT2D eigenvalue weighted by molar-refractivity contribution is 7.99. The molecule has 0 bridgehead atoms. The number of aliphatic hydroxyl groups excluding tert-OH is 3. The van der Waals surface area contributed by atoms with Crippen molar-refractivity contribution >= 4 is 11.8 Å². The van der Waals surface area contributed by atoms with Gasteiger partial charge in [-0.2, -0.15) is 0 Å². The topological polar surface area (TPSA) is 110 Å². The van der Waals surface area contributed by atoms with Crippen LogP contribution in [0, 0.1) is 0 Å². The molecule has 0 radical (unpaired) electrons. The van der Waals surface area contributed by atoms with Gasteiger partial charge in [0, 0.05) is 12.8 Å². The number of benzene rings is 1. The summed E-state index contributed by atoms with van der Waals surface area (Å²) in [6.45, 7) is 2.03. The van der Waals surface area contributed by atoms with Crippen LogP contribution in [-0.4, -0.2) is 60.2 Å². The molecule has 1 aromatic carbocycles. The third-order valence-electron chi connectivity index (χ3n) is 4.18. The van der Waals surface area contributed by atoms with E-state index in [0.29, 0.717) is 12.4 Å². The van der Waals surface area contributed by atoms with Crippen LogP contribution < -0.4 is 4.74 Å². The monoisotopic (exact) mass is 381 g/mol. The lowest BCUT2D eigenvalue weighted by molar-refractivity contribution is -0.192. The Morgan fingerprint density at radius 2 is 1.88 bits per heavy atom. The largest absolute Gasteiger partial charge is 0.487 e. The van der Waals surface area contributed by atoms with Crippen LogP contribution in [0.4, 0.5) is 0 Å². The molecule has 0 saturated carbocycles. The highest BCUT2D eigenvalue weighted by Crippen LogP contribution is 2.30. The molecule has 5 atom stereocenters. The second-order valence-corrected chi connectivity index (χ2v) is 7.40. The lowest BCUT2D eigenvalue weighted by Crippen LogP contribution is -2.55. The Bertz CT molecular complexity index is 711. The van der Waals surface area contributed by atoms with Gasteiger partial charge in [0.2, 0.25) is 0 Å². The van der Waals surface area contributed by atoms with Gasteiger partial charge in [0.25, 0.3) is 0 Å². The maximum absolute atomic E-state index is 10.0. The maximum Gasteiger partial charge on any atom is 0.134 e. The minimum absolute atomic E-state index is 0.349. The Kier molecular flexibility index (Phi) is 6.15. The summed E-state index contributed by atoms with van der Waals surface area (Å²) < 4.78 is 12.9. The van der Waals surface area contributed by atoms with Crippen molar-refractivity contribution in [2.24, 2.45) is 7.05 Å². The molecule has 26 heavy (non-hydrogen) atoms. The van der Waals surface area contributed by atoms with Crippen LogP contribution in [0.3, 0.4) is 0 Å². The highest BCUT2D eigenvalue weighted by atomic mass is 32.2. The lowest BCUT2D eigenvalue weighted by atomic mass is 10.0. The van der Waals surface area contributed by atoms with Gasteiger partial charge in [0.15, 0.2) is 0 Å². The number of thioether (sulfide) groups is 1. The molecule has 2 heterocycles. The molecule has 2 aromatic rings. The summed E-state index contributed by atoms with van der Waals surface area (Å²) in [5.41, 5.74) is 1.20. The molecule has 1 aliphatic rings. The first kappa shape index (κ1) is 19.1. The van der Waals surface area contributed by atoms with Gasteiger partial charge in [0.05, 0.1) is 12.3 Å². The average Bonchev–Trinajstić information content (AvgIpc) is 3.06. The first-order valence-electron chi connectivity index (χ1n) is 8.32. The summed E-state index contributed by atoms with van der Waals surface area (Å²) in [6, 6.07) is 7.60. The molecule has 0 amide bonds. The van der Waals surface area contributed by atoms with Gasteiger partial charge in [-0.25, -0.2) is 0 Å². The Hall–Kier alpha value is -1.65. The van der Waals surface area contributed by atoms with Crippen molar-refractivity contribution in [3.63, 3.8) is 0 Å². The zero-order valence-electron chi connectivity index (χ0n) is 14.6. The van der Waals surface area contributed by atoms with E-state index >= 15 is 0 Å². The van der Waals surface area contributed by atoms with Crippen molar-refractivity contribution in [3.8, 4) is 5.75 Å². The highest BCUT2D eigenvalue weighted by Gasteiger charge is 2.41. The molecule has 3 N–H and O–H groups in total. The van der Waals surface area contributed by atoms with Crippen LogP contribution in [0.2, 0.25) is 0 Å². The van der Waals surface area contributed by atoms with Gasteiger partial charge in [0.1, 0.15) is 41.8 Å². The van der Waals surface area contributed by atoms with Crippen LogP contribution >= 0.6 is 11.8 Å². The van der Waals surface area contributed by atoms with E-state index < -0.39 is 29.9 Å². The maximum atomic E-state index is 10.0. The number of aryl methyl sites for hydroxylation is 1. The molecule has 1 fully saturated rings. The molecule has 1 aromatic heterocycles. The zero-order chi connectivity index (χ0) is 18.7. The summed E-state index contributed by atoms with van der Waals surface area (Å²) in [5.74, 6) is 1.33. The van der Waals surface area contributed by atoms with Crippen molar-refractivity contribution in [3.05, 3.63) is 41.7 Å². The molecule has 0 unspecified atom stereocenters. The van der Waals surface area contributed by atoms with Gasteiger partial charge in [-0.3, -0.25) is 4.68 Å². The second-order valence-electron chi connectivity index (χ2n) is 6.31. The molecular weight excluding hydrogens is 358 g/mol. The normalized spacial score (nSPS) is 28.9. The van der Waals surface area contributed by atoms with Crippen molar-refractivity contribution < 1.29 is 24.8 Å². The predicted octanol–water partition coefficient (Wildman–Crippen LogP) is 0.455. The number of nitrogens with zero attached hydrogens (tertiary/aromatic N) is 3. The van der Waals surface area contributed by atoms with Crippen LogP contribution in [0.15, 0.2) is 30.5 Å². The molecule has 8 nitrogen and oxygen atoms in total. The predicted molar refractivity (Wildman–Crippen MR) is 95.4 cm³/mol. The third kappa shape index (κ3) is 4.54. The first-order chi connectivity index (χ1) is 12.4. The van der Waals surface area contributed by atoms with Gasteiger partial charge in [-0.05, 0) is 24.6 Å². The summed E-state index contributed by atoms with van der Waals surface area (Å²) >= 11 is 1.38. The Morgan fingerprint density at radius 3 is 2.54 bits per heavy atom. The van der Waals surface area contributed by atoms with Crippen molar-refractivity contribution in [2.45, 2.75) is 49.1 Å². The van der Waals surface area contributed by atoms with E-state index in [1.807, 2.05) is 24.3 Å². The third-order valence-corrected chi connectivity index (χ3v) is 5.40. The summed E-state index contributed by atoms with van der Waals surface area (Å²) in [5, 5.41) is 37.4. The summed E-state index contributed by atoms with van der Waals surface area (Å²) in [7, 11) is 1.80. The van der Waals surface area contributed by atoms with Gasteiger partial charge in [-0.1, -0.05) is 17.3 Å². The van der Waals surface area contributed by atoms with Crippen LogP contribution in [0.1, 0.15) is 18.2 Å². The van der Waals surface area contributed by atoms with Crippen LogP contribution in [0.5, 0.6) is 5.75 Å². The van der Waals surface area contributed by atoms with Gasteiger partial charge < -0.3 is 24.8 Å². The fraction of sp³-hybridized carbons (Fsp3) is 0.529. The SMILES string of the molecule is C[C@@H]1O[C@@H](SCc2ccc(OCc3cn(C)nn3)cc2)[C@@H](O)[C@H](O)[C@@H]1O. The molecular formula is C17H23N3O5S. The van der Waals surface area contributed by atoms with Crippen molar-refractivity contribution in [1.29, 1.82) is 0 Å². The Balaban J connectivity index is 1.49. The number of hydrogen-bond donors (Lipinski definition) is 3. The Morgan fingerprint density at radius 1 is 1.15 bits per heavy atom. The lowest BCUT2D eigenvalue weighted by Gasteiger charge is -2.39. The summed E-state index contributed by atoms with van der Waals surface area (Å²) in [6.07, 6.45) is -2.13. The zero-order valence-corrected chi connectivity index (χ0v) is 15.4. The average molecular weight is 381 g/mol. The van der Waals surface area contributed by atoms with Gasteiger partial charge >= 0.3 is 0 Å². The molecule has 142 valence electrons. The molecule has 0 spiro atoms. The van der Waals surface area contributed by atoms with Crippen LogP contribution in [0.25, 0.3) is 0 Å².